The molecule has 1 amide bonds. The zero-order chi connectivity index (χ0) is 20.7. The highest BCUT2D eigenvalue weighted by atomic mass is 16.5. The largest absolute Gasteiger partial charge is 0.491 e. The maximum Gasteiger partial charge on any atom is 0.261 e. The second kappa shape index (κ2) is 9.63. The lowest BCUT2D eigenvalue weighted by Gasteiger charge is -2.21. The number of nitrogens with one attached hydrogen (secondary N) is 1. The lowest BCUT2D eigenvalue weighted by molar-refractivity contribution is -0.128. The van der Waals surface area contributed by atoms with Crippen LogP contribution >= 0.6 is 0 Å². The van der Waals surface area contributed by atoms with Gasteiger partial charge in [0.25, 0.3) is 5.91 Å². The molecule has 0 radical (unpaired) electrons. The molecule has 2 aromatic carbocycles. The summed E-state index contributed by atoms with van der Waals surface area (Å²) in [6.45, 7) is 13.4. The summed E-state index contributed by atoms with van der Waals surface area (Å²) in [5.74, 6) is 1.45. The molecule has 4 heteroatoms. The van der Waals surface area contributed by atoms with E-state index in [0.717, 1.165) is 16.9 Å². The van der Waals surface area contributed by atoms with Gasteiger partial charge < -0.3 is 14.8 Å². The van der Waals surface area contributed by atoms with Gasteiger partial charge in [-0.1, -0.05) is 52.0 Å². The third-order valence-corrected chi connectivity index (χ3v) is 4.66. The predicted molar refractivity (Wildman–Crippen MR) is 114 cm³/mol. The van der Waals surface area contributed by atoms with Crippen LogP contribution in [0.3, 0.4) is 0 Å². The molecule has 28 heavy (non-hydrogen) atoms. The Balaban J connectivity index is 1.83. The fourth-order valence-electron chi connectivity index (χ4n) is 2.83. The molecule has 152 valence electrons. The first-order chi connectivity index (χ1) is 13.2. The number of carbonyl (C=O) groups excluding carboxylic acids is 1. The molecular weight excluding hydrogens is 350 g/mol. The molecule has 0 aliphatic rings. The van der Waals surface area contributed by atoms with Gasteiger partial charge in [0.05, 0.1) is 6.54 Å². The molecule has 0 unspecified atom stereocenters. The molecular formula is C24H33NO3. The molecule has 2 aromatic rings. The van der Waals surface area contributed by atoms with Gasteiger partial charge in [-0.25, -0.2) is 0 Å². The smallest absolute Gasteiger partial charge is 0.261 e. The maximum absolute atomic E-state index is 12.4. The van der Waals surface area contributed by atoms with Crippen molar-refractivity contribution in [3.8, 4) is 11.5 Å². The van der Waals surface area contributed by atoms with E-state index in [1.807, 2.05) is 45.0 Å². The van der Waals surface area contributed by atoms with E-state index < -0.39 is 6.10 Å². The van der Waals surface area contributed by atoms with Crippen LogP contribution in [0, 0.1) is 13.8 Å². The summed E-state index contributed by atoms with van der Waals surface area (Å²) >= 11 is 0. The van der Waals surface area contributed by atoms with Crippen LogP contribution in [0.15, 0.2) is 42.5 Å². The van der Waals surface area contributed by atoms with Gasteiger partial charge in [0.2, 0.25) is 0 Å². The topological polar surface area (TPSA) is 47.6 Å². The average Bonchev–Trinajstić information content (AvgIpc) is 2.65. The van der Waals surface area contributed by atoms with Crippen molar-refractivity contribution in [2.45, 2.75) is 59.5 Å². The van der Waals surface area contributed by atoms with Gasteiger partial charge in [0.15, 0.2) is 6.10 Å². The van der Waals surface area contributed by atoms with Gasteiger partial charge in [0, 0.05) is 0 Å². The minimum Gasteiger partial charge on any atom is -0.491 e. The van der Waals surface area contributed by atoms with E-state index in [2.05, 4.69) is 44.3 Å². The Bertz CT molecular complexity index is 775. The molecule has 2 rings (SSSR count). The van der Waals surface area contributed by atoms with E-state index in [4.69, 9.17) is 9.47 Å². The normalized spacial score (nSPS) is 12.4. The van der Waals surface area contributed by atoms with Crippen LogP contribution in [-0.2, 0) is 10.2 Å². The number of ether oxygens (including phenoxy) is 2. The van der Waals surface area contributed by atoms with Gasteiger partial charge in [0.1, 0.15) is 18.1 Å². The Morgan fingerprint density at radius 2 is 1.75 bits per heavy atom. The average molecular weight is 384 g/mol. The molecule has 0 bridgehead atoms. The molecule has 0 saturated heterocycles. The zero-order valence-corrected chi connectivity index (χ0v) is 18.0. The highest BCUT2D eigenvalue weighted by Crippen LogP contribution is 2.25. The Morgan fingerprint density at radius 3 is 2.36 bits per heavy atom. The fraction of sp³-hybridized carbons (Fsp3) is 0.458. The molecule has 1 N–H and O–H groups in total. The second-order valence-electron chi connectivity index (χ2n) is 8.20. The van der Waals surface area contributed by atoms with Crippen molar-refractivity contribution in [2.24, 2.45) is 0 Å². The van der Waals surface area contributed by atoms with E-state index in [1.54, 1.807) is 0 Å². The van der Waals surface area contributed by atoms with Gasteiger partial charge in [-0.15, -0.1) is 0 Å². The minimum absolute atomic E-state index is 0.0930. The van der Waals surface area contributed by atoms with E-state index >= 15 is 0 Å². The molecule has 0 saturated carbocycles. The van der Waals surface area contributed by atoms with Crippen molar-refractivity contribution >= 4 is 5.91 Å². The quantitative estimate of drug-likeness (QED) is 0.656. The third-order valence-electron chi connectivity index (χ3n) is 4.66. The number of carbonyl (C=O) groups is 1. The SMILES string of the molecule is CC[C@@H](Oc1ccc(C(C)(C)C)cc1)C(=O)NCCOc1cc(C)ccc1C. The Labute approximate surface area is 169 Å². The van der Waals surface area contributed by atoms with Gasteiger partial charge in [-0.05, 0) is 60.6 Å². The highest BCUT2D eigenvalue weighted by Gasteiger charge is 2.19. The monoisotopic (exact) mass is 383 g/mol. The molecule has 1 atom stereocenters. The van der Waals surface area contributed by atoms with Crippen molar-refractivity contribution in [2.75, 3.05) is 13.2 Å². The number of benzene rings is 2. The van der Waals surface area contributed by atoms with Crippen LogP contribution in [0.1, 0.15) is 50.8 Å². The number of amides is 1. The van der Waals surface area contributed by atoms with E-state index in [-0.39, 0.29) is 11.3 Å². The van der Waals surface area contributed by atoms with Gasteiger partial charge in [-0.2, -0.15) is 0 Å². The van der Waals surface area contributed by atoms with Crippen molar-refractivity contribution in [3.63, 3.8) is 0 Å². The summed E-state index contributed by atoms with van der Waals surface area (Å²) in [5, 5.41) is 2.90. The van der Waals surface area contributed by atoms with Crippen molar-refractivity contribution in [1.82, 2.24) is 5.32 Å². The van der Waals surface area contributed by atoms with Crippen LogP contribution in [0.4, 0.5) is 0 Å². The minimum atomic E-state index is -0.513. The van der Waals surface area contributed by atoms with Crippen LogP contribution in [0.25, 0.3) is 0 Å². The van der Waals surface area contributed by atoms with Crippen LogP contribution in [0.5, 0.6) is 11.5 Å². The van der Waals surface area contributed by atoms with Gasteiger partial charge >= 0.3 is 0 Å². The summed E-state index contributed by atoms with van der Waals surface area (Å²) in [6.07, 6.45) is 0.0891. The second-order valence-corrected chi connectivity index (χ2v) is 8.20. The molecule has 0 heterocycles. The van der Waals surface area contributed by atoms with E-state index in [9.17, 15) is 4.79 Å². The summed E-state index contributed by atoms with van der Waals surface area (Å²) in [4.78, 5) is 12.4. The fourth-order valence-corrected chi connectivity index (χ4v) is 2.83. The number of rotatable bonds is 8. The molecule has 0 aromatic heterocycles. The van der Waals surface area contributed by atoms with Crippen LogP contribution in [-0.4, -0.2) is 25.2 Å². The number of hydrogen-bond acceptors (Lipinski definition) is 3. The summed E-state index contributed by atoms with van der Waals surface area (Å²) in [5.41, 5.74) is 3.57. The summed E-state index contributed by atoms with van der Waals surface area (Å²) in [7, 11) is 0. The first-order valence-corrected chi connectivity index (χ1v) is 9.95. The first-order valence-electron chi connectivity index (χ1n) is 9.95. The summed E-state index contributed by atoms with van der Waals surface area (Å²) < 4.78 is 11.7. The number of hydrogen-bond donors (Lipinski definition) is 1. The zero-order valence-electron chi connectivity index (χ0n) is 18.0. The first kappa shape index (κ1) is 21.8. The highest BCUT2D eigenvalue weighted by molar-refractivity contribution is 5.81. The predicted octanol–water partition coefficient (Wildman–Crippen LogP) is 4.95. The Hall–Kier alpha value is -2.49. The van der Waals surface area contributed by atoms with E-state index in [0.29, 0.717) is 25.3 Å². The van der Waals surface area contributed by atoms with Crippen molar-refractivity contribution < 1.29 is 14.3 Å². The lowest BCUT2D eigenvalue weighted by atomic mass is 9.87. The van der Waals surface area contributed by atoms with Crippen LogP contribution in [0.2, 0.25) is 0 Å². The molecule has 0 aliphatic carbocycles. The summed E-state index contributed by atoms with van der Waals surface area (Å²) in [6, 6.07) is 14.1. The Kier molecular flexibility index (Phi) is 7.50. The van der Waals surface area contributed by atoms with Gasteiger partial charge in [-0.3, -0.25) is 4.79 Å². The Morgan fingerprint density at radius 1 is 1.07 bits per heavy atom. The lowest BCUT2D eigenvalue weighted by Crippen LogP contribution is -2.39. The maximum atomic E-state index is 12.4. The standard InChI is InChI=1S/C24H33NO3/c1-7-21(28-20-12-10-19(11-13-20)24(4,5)6)23(26)25-14-15-27-22-16-17(2)8-9-18(22)3/h8-13,16,21H,7,14-15H2,1-6H3,(H,25,26)/t21-/m1/s1. The number of aryl methyl sites for hydroxylation is 2. The molecule has 0 aliphatic heterocycles. The molecule has 4 nitrogen and oxygen atoms in total. The van der Waals surface area contributed by atoms with E-state index in [1.165, 1.54) is 5.56 Å². The third kappa shape index (κ3) is 6.29. The van der Waals surface area contributed by atoms with Crippen molar-refractivity contribution in [1.29, 1.82) is 0 Å². The molecule has 0 spiro atoms. The molecule has 0 fully saturated rings. The van der Waals surface area contributed by atoms with Crippen molar-refractivity contribution in [3.05, 3.63) is 59.2 Å². The van der Waals surface area contributed by atoms with Crippen LogP contribution < -0.4 is 14.8 Å².